The van der Waals surface area contributed by atoms with E-state index in [9.17, 15) is 4.79 Å². The molecule has 1 saturated carbocycles. The van der Waals surface area contributed by atoms with Gasteiger partial charge in [0.25, 0.3) is 0 Å². The lowest BCUT2D eigenvalue weighted by Crippen LogP contribution is -2.45. The van der Waals surface area contributed by atoms with Crippen molar-refractivity contribution in [2.24, 2.45) is 22.7 Å². The van der Waals surface area contributed by atoms with Gasteiger partial charge in [0.15, 0.2) is 0 Å². The molecule has 7 nitrogen and oxygen atoms in total. The van der Waals surface area contributed by atoms with Gasteiger partial charge in [-0.3, -0.25) is 4.79 Å². The molecule has 4 rings (SSSR count). The summed E-state index contributed by atoms with van der Waals surface area (Å²) in [6.07, 6.45) is 2.28. The SMILES string of the molecule is N/C(=N\O)C1CC1C(=O)NCC1(c2nc(-c3ccccc3)cs2)CCOCC1. The van der Waals surface area contributed by atoms with E-state index < -0.39 is 0 Å². The van der Waals surface area contributed by atoms with Gasteiger partial charge in [-0.15, -0.1) is 11.3 Å². The van der Waals surface area contributed by atoms with Crippen LogP contribution in [0.5, 0.6) is 0 Å². The first-order valence-electron chi connectivity index (χ1n) is 9.47. The van der Waals surface area contributed by atoms with Crippen LogP contribution in [0.15, 0.2) is 40.9 Å². The smallest absolute Gasteiger partial charge is 0.223 e. The van der Waals surface area contributed by atoms with E-state index in [0.717, 1.165) is 29.1 Å². The summed E-state index contributed by atoms with van der Waals surface area (Å²) < 4.78 is 5.57. The molecule has 4 N–H and O–H groups in total. The fraction of sp³-hybridized carbons (Fsp3) is 0.450. The minimum atomic E-state index is -0.216. The Morgan fingerprint density at radius 2 is 2.07 bits per heavy atom. The molecule has 2 atom stereocenters. The lowest BCUT2D eigenvalue weighted by Gasteiger charge is -2.35. The maximum absolute atomic E-state index is 12.5. The highest BCUT2D eigenvalue weighted by Crippen LogP contribution is 2.40. The molecule has 8 heteroatoms. The maximum Gasteiger partial charge on any atom is 0.223 e. The molecule has 1 aromatic heterocycles. The van der Waals surface area contributed by atoms with E-state index in [1.807, 2.05) is 18.2 Å². The van der Waals surface area contributed by atoms with Crippen LogP contribution >= 0.6 is 11.3 Å². The monoisotopic (exact) mass is 400 g/mol. The second-order valence-corrected chi connectivity index (χ2v) is 8.35. The molecule has 0 spiro atoms. The van der Waals surface area contributed by atoms with Gasteiger partial charge in [-0.05, 0) is 19.3 Å². The van der Waals surface area contributed by atoms with Gasteiger partial charge in [0.2, 0.25) is 5.91 Å². The fourth-order valence-electron chi connectivity index (χ4n) is 3.76. The molecule has 0 bridgehead atoms. The largest absolute Gasteiger partial charge is 0.409 e. The number of amidine groups is 1. The zero-order chi connectivity index (χ0) is 19.6. The number of nitrogens with zero attached hydrogens (tertiary/aromatic N) is 2. The molecule has 1 amide bonds. The van der Waals surface area contributed by atoms with Crippen molar-refractivity contribution in [3.05, 3.63) is 40.7 Å². The van der Waals surface area contributed by atoms with E-state index in [2.05, 4.69) is 28.0 Å². The normalized spacial score (nSPS) is 23.9. The summed E-state index contributed by atoms with van der Waals surface area (Å²) in [5.74, 6) is -0.264. The number of carbonyl (C=O) groups is 1. The molecule has 1 aliphatic heterocycles. The van der Waals surface area contributed by atoms with Gasteiger partial charge < -0.3 is 21.0 Å². The Bertz CT molecular complexity index is 861. The summed E-state index contributed by atoms with van der Waals surface area (Å²) in [6.45, 7) is 1.84. The van der Waals surface area contributed by atoms with Crippen LogP contribution in [0.4, 0.5) is 0 Å². The number of amides is 1. The quantitative estimate of drug-likeness (QED) is 0.298. The van der Waals surface area contributed by atoms with Gasteiger partial charge >= 0.3 is 0 Å². The lowest BCUT2D eigenvalue weighted by atomic mass is 9.80. The van der Waals surface area contributed by atoms with Crippen LogP contribution in [-0.2, 0) is 14.9 Å². The van der Waals surface area contributed by atoms with Gasteiger partial charge in [0, 0.05) is 48.0 Å². The van der Waals surface area contributed by atoms with E-state index in [4.69, 9.17) is 20.7 Å². The molecule has 28 heavy (non-hydrogen) atoms. The molecule has 1 aliphatic carbocycles. The number of nitrogens with two attached hydrogens (primary N) is 1. The molecule has 2 aromatic rings. The highest BCUT2D eigenvalue weighted by molar-refractivity contribution is 7.10. The van der Waals surface area contributed by atoms with Crippen LogP contribution in [0.25, 0.3) is 11.3 Å². The van der Waals surface area contributed by atoms with Crippen molar-refractivity contribution >= 4 is 23.1 Å². The Kier molecular flexibility index (Phi) is 5.32. The van der Waals surface area contributed by atoms with Crippen molar-refractivity contribution in [1.82, 2.24) is 10.3 Å². The number of carbonyl (C=O) groups excluding carboxylic acids is 1. The number of nitrogens with one attached hydrogen (secondary N) is 1. The Hall–Kier alpha value is -2.45. The van der Waals surface area contributed by atoms with Crippen molar-refractivity contribution in [2.45, 2.75) is 24.7 Å². The topological polar surface area (TPSA) is 110 Å². The van der Waals surface area contributed by atoms with E-state index >= 15 is 0 Å². The predicted octanol–water partition coefficient (Wildman–Crippen LogP) is 2.36. The molecular weight excluding hydrogens is 376 g/mol. The average Bonchev–Trinajstić information content (AvgIpc) is 3.40. The van der Waals surface area contributed by atoms with Crippen LogP contribution in [0.2, 0.25) is 0 Å². The Morgan fingerprint density at radius 1 is 1.32 bits per heavy atom. The van der Waals surface area contributed by atoms with E-state index in [1.165, 1.54) is 0 Å². The third kappa shape index (κ3) is 3.74. The number of hydrogen-bond donors (Lipinski definition) is 3. The number of rotatable bonds is 6. The summed E-state index contributed by atoms with van der Waals surface area (Å²) in [5.41, 5.74) is 7.46. The molecule has 2 unspecified atom stereocenters. The number of oxime groups is 1. The lowest BCUT2D eigenvalue weighted by molar-refractivity contribution is -0.123. The van der Waals surface area contributed by atoms with Crippen molar-refractivity contribution < 1.29 is 14.7 Å². The number of thiazole rings is 1. The van der Waals surface area contributed by atoms with Crippen LogP contribution in [0.1, 0.15) is 24.3 Å². The average molecular weight is 401 g/mol. The summed E-state index contributed by atoms with van der Waals surface area (Å²) in [7, 11) is 0. The third-order valence-corrected chi connectivity index (χ3v) is 6.79. The number of hydrogen-bond acceptors (Lipinski definition) is 6. The van der Waals surface area contributed by atoms with Crippen LogP contribution in [-0.4, -0.2) is 41.7 Å². The summed E-state index contributed by atoms with van der Waals surface area (Å²) in [6, 6.07) is 10.1. The van der Waals surface area contributed by atoms with E-state index in [0.29, 0.717) is 26.2 Å². The number of benzene rings is 1. The Balaban J connectivity index is 1.48. The molecule has 148 valence electrons. The molecule has 1 saturated heterocycles. The van der Waals surface area contributed by atoms with Crippen LogP contribution in [0, 0.1) is 11.8 Å². The van der Waals surface area contributed by atoms with Crippen molar-refractivity contribution in [2.75, 3.05) is 19.8 Å². The summed E-state index contributed by atoms with van der Waals surface area (Å²) in [5, 5.41) is 18.0. The maximum atomic E-state index is 12.5. The first-order chi connectivity index (χ1) is 13.6. The molecule has 0 radical (unpaired) electrons. The van der Waals surface area contributed by atoms with Crippen molar-refractivity contribution in [1.29, 1.82) is 0 Å². The Labute approximate surface area is 167 Å². The predicted molar refractivity (Wildman–Crippen MR) is 107 cm³/mol. The fourth-order valence-corrected chi connectivity index (χ4v) is 4.85. The van der Waals surface area contributed by atoms with Gasteiger partial charge in [-0.25, -0.2) is 4.98 Å². The highest BCUT2D eigenvalue weighted by atomic mass is 32.1. The molecular formula is C20H24N4O3S. The minimum Gasteiger partial charge on any atom is -0.409 e. The van der Waals surface area contributed by atoms with Crippen molar-refractivity contribution in [3.8, 4) is 11.3 Å². The Morgan fingerprint density at radius 3 is 2.79 bits per heavy atom. The van der Waals surface area contributed by atoms with Gasteiger partial charge in [0.1, 0.15) is 10.8 Å². The van der Waals surface area contributed by atoms with E-state index in [1.54, 1.807) is 11.3 Å². The van der Waals surface area contributed by atoms with Gasteiger partial charge in [0.05, 0.1) is 5.69 Å². The zero-order valence-corrected chi connectivity index (χ0v) is 16.3. The molecule has 1 aromatic carbocycles. The highest BCUT2D eigenvalue weighted by Gasteiger charge is 2.47. The van der Waals surface area contributed by atoms with Crippen LogP contribution < -0.4 is 11.1 Å². The second-order valence-electron chi connectivity index (χ2n) is 7.49. The first-order valence-corrected chi connectivity index (χ1v) is 10.4. The minimum absolute atomic E-state index is 0.0395. The zero-order valence-electron chi connectivity index (χ0n) is 15.5. The number of aromatic nitrogens is 1. The van der Waals surface area contributed by atoms with Crippen molar-refractivity contribution in [3.63, 3.8) is 0 Å². The molecule has 2 aliphatic rings. The van der Waals surface area contributed by atoms with Gasteiger partial charge in [-0.2, -0.15) is 0 Å². The van der Waals surface area contributed by atoms with Gasteiger partial charge in [-0.1, -0.05) is 35.5 Å². The van der Waals surface area contributed by atoms with E-state index in [-0.39, 0.29) is 29.0 Å². The third-order valence-electron chi connectivity index (χ3n) is 5.70. The standard InChI is InChI=1S/C20H24N4O3S/c21-17(24-26)14-10-15(14)18(25)22-12-20(6-8-27-9-7-20)19-23-16(11-28-19)13-4-2-1-3-5-13/h1-5,11,14-15,26H,6-10,12H2,(H2,21,24)(H,22,25). The summed E-state index contributed by atoms with van der Waals surface area (Å²) >= 11 is 1.64. The summed E-state index contributed by atoms with van der Waals surface area (Å²) in [4.78, 5) is 17.4. The molecule has 2 heterocycles. The first kappa shape index (κ1) is 18.9. The number of ether oxygens (including phenoxy) is 1. The molecule has 2 fully saturated rings. The van der Waals surface area contributed by atoms with Crippen LogP contribution in [0.3, 0.4) is 0 Å². The second kappa shape index (κ2) is 7.89.